The van der Waals surface area contributed by atoms with Gasteiger partial charge in [-0.1, -0.05) is 6.07 Å². The normalized spacial score (nSPS) is 10.5. The molecule has 106 valence electrons. The highest BCUT2D eigenvalue weighted by Gasteiger charge is 2.16. The van der Waals surface area contributed by atoms with Gasteiger partial charge in [-0.3, -0.25) is 0 Å². The van der Waals surface area contributed by atoms with E-state index in [0.29, 0.717) is 37.6 Å². The summed E-state index contributed by atoms with van der Waals surface area (Å²) in [5.41, 5.74) is 2.04. The molecule has 5 heteroatoms. The van der Waals surface area contributed by atoms with Crippen molar-refractivity contribution in [3.63, 3.8) is 0 Å². The van der Waals surface area contributed by atoms with Crippen LogP contribution in [0.1, 0.15) is 15.9 Å². The van der Waals surface area contributed by atoms with E-state index in [4.69, 9.17) is 9.47 Å². The molecule has 5 nitrogen and oxygen atoms in total. The fourth-order valence-corrected chi connectivity index (χ4v) is 1.84. The molecule has 19 heavy (non-hydrogen) atoms. The van der Waals surface area contributed by atoms with Crippen LogP contribution in [-0.2, 0) is 9.47 Å². The number of anilines is 1. The van der Waals surface area contributed by atoms with E-state index in [-0.39, 0.29) is 0 Å². The number of aromatic carboxylic acids is 1. The summed E-state index contributed by atoms with van der Waals surface area (Å²) < 4.78 is 10.1. The van der Waals surface area contributed by atoms with E-state index in [0.717, 1.165) is 5.56 Å². The summed E-state index contributed by atoms with van der Waals surface area (Å²) in [7, 11) is 3.26. The van der Waals surface area contributed by atoms with Gasteiger partial charge in [0.1, 0.15) is 0 Å². The van der Waals surface area contributed by atoms with Crippen LogP contribution in [0, 0.1) is 6.92 Å². The number of carbonyl (C=O) groups is 1. The average molecular weight is 267 g/mol. The van der Waals surface area contributed by atoms with Gasteiger partial charge in [0.15, 0.2) is 0 Å². The number of methoxy groups -OCH3 is 2. The first-order chi connectivity index (χ1) is 9.10. The Bertz CT molecular complexity index is 412. The molecule has 0 fully saturated rings. The van der Waals surface area contributed by atoms with E-state index >= 15 is 0 Å². The van der Waals surface area contributed by atoms with E-state index in [1.807, 2.05) is 17.9 Å². The second kappa shape index (κ2) is 7.76. The average Bonchev–Trinajstić information content (AvgIpc) is 2.38. The molecule has 0 saturated carbocycles. The zero-order valence-corrected chi connectivity index (χ0v) is 11.7. The lowest BCUT2D eigenvalue weighted by atomic mass is 10.1. The maximum atomic E-state index is 11.3. The van der Waals surface area contributed by atoms with Crippen molar-refractivity contribution in [2.45, 2.75) is 6.92 Å². The molecule has 1 aromatic rings. The molecule has 0 aromatic heterocycles. The Morgan fingerprint density at radius 1 is 1.21 bits per heavy atom. The van der Waals surface area contributed by atoms with Crippen LogP contribution in [0.5, 0.6) is 0 Å². The van der Waals surface area contributed by atoms with Gasteiger partial charge >= 0.3 is 5.97 Å². The number of hydrogen-bond donors (Lipinski definition) is 1. The standard InChI is InChI=1S/C14H21NO4/c1-11-4-5-12(14(16)17)13(10-11)15(6-8-18-2)7-9-19-3/h4-5,10H,6-9H2,1-3H3,(H,16,17). The smallest absolute Gasteiger partial charge is 0.337 e. The highest BCUT2D eigenvalue weighted by atomic mass is 16.5. The maximum absolute atomic E-state index is 11.3. The summed E-state index contributed by atoms with van der Waals surface area (Å²) in [6, 6.07) is 5.33. The number of carboxylic acid groups (broad SMARTS) is 1. The van der Waals surface area contributed by atoms with Gasteiger partial charge in [-0.2, -0.15) is 0 Å². The van der Waals surface area contributed by atoms with Crippen molar-refractivity contribution in [3.05, 3.63) is 29.3 Å². The molecule has 0 aliphatic rings. The molecule has 0 saturated heterocycles. The molecule has 0 bridgehead atoms. The molecule has 1 N–H and O–H groups in total. The predicted molar refractivity (Wildman–Crippen MR) is 74.1 cm³/mol. The third kappa shape index (κ3) is 4.54. The monoisotopic (exact) mass is 267 g/mol. The summed E-state index contributed by atoms with van der Waals surface area (Å²) in [5, 5.41) is 9.27. The van der Waals surface area contributed by atoms with Crippen molar-refractivity contribution < 1.29 is 19.4 Å². The van der Waals surface area contributed by atoms with Crippen LogP contribution in [-0.4, -0.2) is 51.6 Å². The Labute approximate surface area is 113 Å². The van der Waals surface area contributed by atoms with Crippen molar-refractivity contribution in [2.24, 2.45) is 0 Å². The zero-order chi connectivity index (χ0) is 14.3. The summed E-state index contributed by atoms with van der Waals surface area (Å²) >= 11 is 0. The number of benzene rings is 1. The quantitative estimate of drug-likeness (QED) is 0.778. The highest BCUT2D eigenvalue weighted by Crippen LogP contribution is 2.22. The van der Waals surface area contributed by atoms with Gasteiger partial charge in [0.2, 0.25) is 0 Å². The summed E-state index contributed by atoms with van der Waals surface area (Å²) in [4.78, 5) is 13.3. The van der Waals surface area contributed by atoms with Gasteiger partial charge < -0.3 is 19.5 Å². The zero-order valence-electron chi connectivity index (χ0n) is 11.7. The van der Waals surface area contributed by atoms with Crippen molar-refractivity contribution in [1.82, 2.24) is 0 Å². The van der Waals surface area contributed by atoms with Crippen LogP contribution in [0.15, 0.2) is 18.2 Å². The molecule has 0 radical (unpaired) electrons. The second-order valence-electron chi connectivity index (χ2n) is 4.30. The van der Waals surface area contributed by atoms with Crippen LogP contribution in [0.4, 0.5) is 5.69 Å². The molecule has 1 aromatic carbocycles. The van der Waals surface area contributed by atoms with Gasteiger partial charge in [0.05, 0.1) is 24.5 Å². The predicted octanol–water partition coefficient (Wildman–Crippen LogP) is 1.79. The van der Waals surface area contributed by atoms with Crippen molar-refractivity contribution >= 4 is 11.7 Å². The Balaban J connectivity index is 3.03. The molecular weight excluding hydrogens is 246 g/mol. The largest absolute Gasteiger partial charge is 0.478 e. The Hall–Kier alpha value is -1.59. The topological polar surface area (TPSA) is 59.0 Å². The molecular formula is C14H21NO4. The number of aryl methyl sites for hydroxylation is 1. The summed E-state index contributed by atoms with van der Waals surface area (Å²) in [5.74, 6) is -0.921. The van der Waals surface area contributed by atoms with E-state index in [2.05, 4.69) is 0 Å². The summed E-state index contributed by atoms with van der Waals surface area (Å²) in [6.07, 6.45) is 0. The lowest BCUT2D eigenvalue weighted by Crippen LogP contribution is -2.32. The van der Waals surface area contributed by atoms with Gasteiger partial charge in [-0.25, -0.2) is 4.79 Å². The molecule has 1 rings (SSSR count). The minimum atomic E-state index is -0.921. The van der Waals surface area contributed by atoms with E-state index in [1.165, 1.54) is 0 Å². The fourth-order valence-electron chi connectivity index (χ4n) is 1.84. The first kappa shape index (κ1) is 15.5. The highest BCUT2D eigenvalue weighted by molar-refractivity contribution is 5.94. The van der Waals surface area contributed by atoms with Crippen LogP contribution in [0.2, 0.25) is 0 Å². The van der Waals surface area contributed by atoms with Gasteiger partial charge in [0.25, 0.3) is 0 Å². The lowest BCUT2D eigenvalue weighted by molar-refractivity contribution is 0.0697. The van der Waals surface area contributed by atoms with Gasteiger partial charge in [0, 0.05) is 27.3 Å². The van der Waals surface area contributed by atoms with Crippen molar-refractivity contribution in [3.8, 4) is 0 Å². The molecule has 0 aliphatic carbocycles. The molecule has 0 unspecified atom stereocenters. The van der Waals surface area contributed by atoms with Crippen molar-refractivity contribution in [1.29, 1.82) is 0 Å². The van der Waals surface area contributed by atoms with Gasteiger partial charge in [-0.15, -0.1) is 0 Å². The Morgan fingerprint density at radius 3 is 2.26 bits per heavy atom. The number of nitrogens with zero attached hydrogens (tertiary/aromatic N) is 1. The molecule has 0 aliphatic heterocycles. The minimum Gasteiger partial charge on any atom is -0.478 e. The van der Waals surface area contributed by atoms with Crippen LogP contribution in [0.3, 0.4) is 0 Å². The Morgan fingerprint density at radius 2 is 1.79 bits per heavy atom. The first-order valence-corrected chi connectivity index (χ1v) is 6.17. The maximum Gasteiger partial charge on any atom is 0.337 e. The first-order valence-electron chi connectivity index (χ1n) is 6.17. The second-order valence-corrected chi connectivity index (χ2v) is 4.30. The molecule has 0 spiro atoms. The third-order valence-corrected chi connectivity index (χ3v) is 2.85. The number of hydrogen-bond acceptors (Lipinski definition) is 4. The molecule has 0 heterocycles. The fraction of sp³-hybridized carbons (Fsp3) is 0.500. The SMILES string of the molecule is COCCN(CCOC)c1cc(C)ccc1C(=O)O. The summed E-state index contributed by atoms with van der Waals surface area (Å²) in [6.45, 7) is 4.28. The number of ether oxygens (including phenoxy) is 2. The Kier molecular flexibility index (Phi) is 6.32. The number of carboxylic acids is 1. The van der Waals surface area contributed by atoms with Gasteiger partial charge in [-0.05, 0) is 24.6 Å². The minimum absolute atomic E-state index is 0.304. The van der Waals surface area contributed by atoms with E-state index in [9.17, 15) is 9.90 Å². The van der Waals surface area contributed by atoms with E-state index < -0.39 is 5.97 Å². The van der Waals surface area contributed by atoms with Crippen LogP contribution in [0.25, 0.3) is 0 Å². The molecule has 0 amide bonds. The third-order valence-electron chi connectivity index (χ3n) is 2.85. The lowest BCUT2D eigenvalue weighted by Gasteiger charge is -2.26. The molecule has 0 atom stereocenters. The van der Waals surface area contributed by atoms with Crippen LogP contribution >= 0.6 is 0 Å². The number of rotatable bonds is 8. The van der Waals surface area contributed by atoms with Crippen LogP contribution < -0.4 is 4.90 Å². The van der Waals surface area contributed by atoms with E-state index in [1.54, 1.807) is 26.4 Å². The van der Waals surface area contributed by atoms with Crippen molar-refractivity contribution in [2.75, 3.05) is 45.4 Å².